The first-order chi connectivity index (χ1) is 21.3. The number of fused-ring (bicyclic) bond motifs is 2. The topological polar surface area (TPSA) is 129 Å². The van der Waals surface area contributed by atoms with E-state index in [0.717, 1.165) is 34.0 Å². The summed E-state index contributed by atoms with van der Waals surface area (Å²) in [6.07, 6.45) is 4.77. The molecule has 1 aliphatic carbocycles. The molecule has 0 unspecified atom stereocenters. The molecule has 1 saturated carbocycles. The van der Waals surface area contributed by atoms with Gasteiger partial charge >= 0.3 is 5.97 Å². The highest BCUT2D eigenvalue weighted by Crippen LogP contribution is 2.44. The molecule has 6 rings (SSSR count). The van der Waals surface area contributed by atoms with Crippen LogP contribution in [0.2, 0.25) is 0 Å². The summed E-state index contributed by atoms with van der Waals surface area (Å²) >= 11 is 3.71. The van der Waals surface area contributed by atoms with Crippen molar-refractivity contribution in [2.75, 3.05) is 13.1 Å². The summed E-state index contributed by atoms with van der Waals surface area (Å²) in [5, 5.41) is 19.7. The lowest BCUT2D eigenvalue weighted by Crippen LogP contribution is -2.50. The molecule has 1 aromatic heterocycles. The summed E-state index contributed by atoms with van der Waals surface area (Å²) in [5.74, 6) is -2.02. The first-order valence-electron chi connectivity index (χ1n) is 15.1. The Hall–Kier alpha value is -4.17. The molecule has 11 heteroatoms. The Morgan fingerprint density at radius 1 is 1.16 bits per heavy atom. The number of rotatable bonds is 8. The lowest BCUT2D eigenvalue weighted by atomic mass is 9.77. The zero-order chi connectivity index (χ0) is 31.0. The van der Waals surface area contributed by atoms with Gasteiger partial charge in [-0.1, -0.05) is 47.0 Å². The number of hydrogen-bond acceptors (Lipinski definition) is 6. The van der Waals surface area contributed by atoms with Crippen LogP contribution in [0.1, 0.15) is 77.1 Å². The molecule has 2 amide bonds. The van der Waals surface area contributed by atoms with Crippen molar-refractivity contribution in [3.05, 3.63) is 80.8 Å². The molecule has 3 aliphatic rings. The molecule has 3 atom stereocenters. The third-order valence-electron chi connectivity index (χ3n) is 9.27. The molecule has 1 fully saturated rings. The molecule has 2 aromatic carbocycles. The van der Waals surface area contributed by atoms with E-state index in [0.29, 0.717) is 61.6 Å². The Labute approximate surface area is 264 Å². The second-order valence-corrected chi connectivity index (χ2v) is 12.5. The normalized spacial score (nSPS) is 21.0. The summed E-state index contributed by atoms with van der Waals surface area (Å²) in [6, 6.07) is 12.9. The van der Waals surface area contributed by atoms with Gasteiger partial charge in [-0.05, 0) is 55.5 Å². The van der Waals surface area contributed by atoms with E-state index in [1.807, 2.05) is 43.3 Å². The molecular weight excluding hydrogens is 626 g/mol. The predicted molar refractivity (Wildman–Crippen MR) is 164 cm³/mol. The number of aromatic nitrogens is 2. The fourth-order valence-corrected chi connectivity index (χ4v) is 7.55. The number of carboxylic acid groups (broad SMARTS) is 1. The van der Waals surface area contributed by atoms with Crippen molar-refractivity contribution >= 4 is 33.7 Å². The van der Waals surface area contributed by atoms with Gasteiger partial charge in [0.25, 0.3) is 5.91 Å². The molecular formula is C33H34BrN5O5. The Kier molecular flexibility index (Phi) is 8.45. The van der Waals surface area contributed by atoms with Gasteiger partial charge in [0.15, 0.2) is 0 Å². The standard InChI is InChI=1S/C33H34BrN5O5/c1-2-37-19-36-26(27(37)15-35)18-44-29-12-11-25(34)24-13-14-39(32(41)22-9-5-6-10-23(22)33(42)43)28(30(24)29)17-38-16-20-7-3-4-8-21(20)31(38)40/h3-4,7-8,11-12,19,22-23,28H,2,5-6,9-10,13-14,16-18H2,1H3,(H,42,43)/t22-,23+,28-/m1/s1. The van der Waals surface area contributed by atoms with Gasteiger partial charge < -0.3 is 24.2 Å². The van der Waals surface area contributed by atoms with Crippen LogP contribution >= 0.6 is 15.9 Å². The van der Waals surface area contributed by atoms with Gasteiger partial charge in [0.1, 0.15) is 29.8 Å². The maximum Gasteiger partial charge on any atom is 0.307 e. The number of nitrogens with zero attached hydrogens (tertiary/aromatic N) is 5. The number of nitriles is 1. The Morgan fingerprint density at radius 2 is 1.93 bits per heavy atom. The minimum atomic E-state index is -0.936. The fraction of sp³-hybridized carbons (Fsp3) is 0.424. The fourth-order valence-electron chi connectivity index (χ4n) is 7.01. The van der Waals surface area contributed by atoms with Crippen LogP contribution in [0, 0.1) is 23.2 Å². The minimum absolute atomic E-state index is 0.0580. The van der Waals surface area contributed by atoms with E-state index < -0.39 is 23.8 Å². The van der Waals surface area contributed by atoms with Crippen LogP contribution in [0.4, 0.5) is 0 Å². The highest BCUT2D eigenvalue weighted by Gasteiger charge is 2.44. The van der Waals surface area contributed by atoms with Gasteiger partial charge in [-0.15, -0.1) is 0 Å². The average molecular weight is 661 g/mol. The van der Waals surface area contributed by atoms with E-state index >= 15 is 0 Å². The third-order valence-corrected chi connectivity index (χ3v) is 10.0. The summed E-state index contributed by atoms with van der Waals surface area (Å²) in [6.45, 7) is 3.66. The first-order valence-corrected chi connectivity index (χ1v) is 15.9. The van der Waals surface area contributed by atoms with Crippen molar-refractivity contribution in [3.8, 4) is 11.8 Å². The lowest BCUT2D eigenvalue weighted by Gasteiger charge is -2.43. The number of carboxylic acids is 1. The van der Waals surface area contributed by atoms with E-state index in [-0.39, 0.29) is 25.0 Å². The van der Waals surface area contributed by atoms with Crippen LogP contribution in [-0.4, -0.2) is 55.3 Å². The number of benzene rings is 2. The second kappa shape index (κ2) is 12.4. The van der Waals surface area contributed by atoms with Crippen molar-refractivity contribution in [3.63, 3.8) is 0 Å². The Balaban J connectivity index is 1.39. The van der Waals surface area contributed by atoms with Crippen LogP contribution in [0.3, 0.4) is 0 Å². The highest BCUT2D eigenvalue weighted by molar-refractivity contribution is 9.10. The largest absolute Gasteiger partial charge is 0.487 e. The van der Waals surface area contributed by atoms with Crippen LogP contribution in [0.15, 0.2) is 47.2 Å². The highest BCUT2D eigenvalue weighted by atomic mass is 79.9. The SMILES string of the molecule is CCn1cnc(COc2ccc(Br)c3c2[C@@H](CN2Cc4ccccc4C2=O)N(C(=O)[C@@H]2CCCC[C@@H]2C(=O)O)CC3)c1C#N. The van der Waals surface area contributed by atoms with Crippen LogP contribution in [0.25, 0.3) is 0 Å². The van der Waals surface area contributed by atoms with E-state index in [4.69, 9.17) is 4.74 Å². The summed E-state index contributed by atoms with van der Waals surface area (Å²) in [5.41, 5.74) is 4.32. The predicted octanol–water partition coefficient (Wildman–Crippen LogP) is 5.09. The third kappa shape index (κ3) is 5.36. The molecule has 1 N–H and O–H groups in total. The van der Waals surface area contributed by atoms with Crippen LogP contribution in [-0.2, 0) is 35.7 Å². The summed E-state index contributed by atoms with van der Waals surface area (Å²) in [7, 11) is 0. The molecule has 10 nitrogen and oxygen atoms in total. The van der Waals surface area contributed by atoms with Crippen LogP contribution in [0.5, 0.6) is 5.75 Å². The van der Waals surface area contributed by atoms with Crippen LogP contribution < -0.4 is 4.74 Å². The van der Waals surface area contributed by atoms with E-state index in [1.54, 1.807) is 20.7 Å². The number of hydrogen-bond donors (Lipinski definition) is 1. The van der Waals surface area contributed by atoms with Gasteiger partial charge in [-0.2, -0.15) is 5.26 Å². The maximum atomic E-state index is 14.3. The number of carbonyl (C=O) groups excluding carboxylic acids is 2. The lowest BCUT2D eigenvalue weighted by molar-refractivity contribution is -0.153. The second-order valence-electron chi connectivity index (χ2n) is 11.6. The van der Waals surface area contributed by atoms with E-state index in [2.05, 4.69) is 27.0 Å². The zero-order valence-electron chi connectivity index (χ0n) is 24.5. The monoisotopic (exact) mass is 659 g/mol. The quantitative estimate of drug-likeness (QED) is 0.357. The van der Waals surface area contributed by atoms with Crippen molar-refractivity contribution < 1.29 is 24.2 Å². The number of aliphatic carboxylic acids is 1. The van der Waals surface area contributed by atoms with Crippen molar-refractivity contribution in [1.82, 2.24) is 19.4 Å². The zero-order valence-corrected chi connectivity index (χ0v) is 26.1. The molecule has 0 saturated heterocycles. The van der Waals surface area contributed by atoms with E-state index in [1.165, 1.54) is 0 Å². The summed E-state index contributed by atoms with van der Waals surface area (Å²) < 4.78 is 9.02. The maximum absolute atomic E-state index is 14.3. The number of carbonyl (C=O) groups is 3. The molecule has 2 aliphatic heterocycles. The van der Waals surface area contributed by atoms with Gasteiger partial charge in [-0.25, -0.2) is 4.98 Å². The smallest absolute Gasteiger partial charge is 0.307 e. The molecule has 44 heavy (non-hydrogen) atoms. The number of aryl methyl sites for hydroxylation is 1. The van der Waals surface area contributed by atoms with Gasteiger partial charge in [0.05, 0.1) is 24.2 Å². The molecule has 3 heterocycles. The van der Waals surface area contributed by atoms with E-state index in [9.17, 15) is 24.8 Å². The van der Waals surface area contributed by atoms with Gasteiger partial charge in [0, 0.05) is 41.8 Å². The van der Waals surface area contributed by atoms with Gasteiger partial charge in [-0.3, -0.25) is 14.4 Å². The van der Waals surface area contributed by atoms with Crippen molar-refractivity contribution in [2.45, 2.75) is 64.8 Å². The Bertz CT molecular complexity index is 1660. The average Bonchev–Trinajstić information content (AvgIpc) is 3.60. The Morgan fingerprint density at radius 3 is 2.66 bits per heavy atom. The van der Waals surface area contributed by atoms with Crippen molar-refractivity contribution in [1.29, 1.82) is 5.26 Å². The minimum Gasteiger partial charge on any atom is -0.487 e. The molecule has 0 spiro atoms. The molecule has 0 bridgehead atoms. The number of ether oxygens (including phenoxy) is 1. The number of halogens is 1. The summed E-state index contributed by atoms with van der Waals surface area (Å²) in [4.78, 5) is 48.0. The molecule has 0 radical (unpaired) electrons. The number of amides is 2. The molecule has 228 valence electrons. The first kappa shape index (κ1) is 29.9. The van der Waals surface area contributed by atoms with Crippen molar-refractivity contribution in [2.24, 2.45) is 11.8 Å². The van der Waals surface area contributed by atoms with Gasteiger partial charge in [0.2, 0.25) is 5.91 Å². The molecule has 3 aromatic rings. The number of imidazole rings is 1.